The number of allylic oxidation sites excluding steroid dienone is 1. The van der Waals surface area contributed by atoms with Gasteiger partial charge in [-0.3, -0.25) is 4.79 Å². The number of halogens is 1. The predicted octanol–water partition coefficient (Wildman–Crippen LogP) is 3.84. The molecule has 0 spiro atoms. The van der Waals surface area contributed by atoms with E-state index in [4.69, 9.17) is 16.7 Å². The number of sulfonamides is 1. The predicted molar refractivity (Wildman–Crippen MR) is 101 cm³/mol. The topological polar surface area (TPSA) is 83.5 Å². The van der Waals surface area contributed by atoms with Crippen LogP contribution in [0.4, 0.5) is 0 Å². The average Bonchev–Trinajstić information content (AvgIpc) is 3.17. The summed E-state index contributed by atoms with van der Waals surface area (Å²) in [5.74, 6) is 0.275. The van der Waals surface area contributed by atoms with Gasteiger partial charge in [-0.05, 0) is 74.1 Å². The Bertz CT molecular complexity index is 775. The lowest BCUT2D eigenvalue weighted by Crippen LogP contribution is -2.43. The summed E-state index contributed by atoms with van der Waals surface area (Å²) in [5.41, 5.74) is 0. The summed E-state index contributed by atoms with van der Waals surface area (Å²) in [4.78, 5) is 10.8. The Morgan fingerprint density at radius 2 is 1.92 bits per heavy atom. The van der Waals surface area contributed by atoms with Gasteiger partial charge in [-0.2, -0.15) is 0 Å². The van der Waals surface area contributed by atoms with E-state index in [0.717, 1.165) is 19.3 Å². The Kier molecular flexibility index (Phi) is 6.05. The number of benzene rings is 1. The molecule has 1 aromatic rings. The lowest BCUT2D eigenvalue weighted by molar-refractivity contribution is -0.137. The Hall–Kier alpha value is -1.37. The molecule has 2 N–H and O–H groups in total. The number of fused-ring (bicyclic) bond motifs is 2. The maximum atomic E-state index is 12.7. The molecule has 4 atom stereocenters. The van der Waals surface area contributed by atoms with Crippen LogP contribution in [0.3, 0.4) is 0 Å². The van der Waals surface area contributed by atoms with E-state index in [1.54, 1.807) is 12.1 Å². The fourth-order valence-corrected chi connectivity index (χ4v) is 5.74. The monoisotopic (exact) mass is 397 g/mol. The first-order valence-electron chi connectivity index (χ1n) is 9.03. The Morgan fingerprint density at radius 1 is 1.23 bits per heavy atom. The maximum absolute atomic E-state index is 12.7. The van der Waals surface area contributed by atoms with Crippen LogP contribution in [-0.2, 0) is 14.8 Å². The van der Waals surface area contributed by atoms with Crippen molar-refractivity contribution in [3.8, 4) is 0 Å². The number of unbranched alkanes of at least 4 members (excludes halogenated alkanes) is 1. The first-order chi connectivity index (χ1) is 12.4. The van der Waals surface area contributed by atoms with Gasteiger partial charge >= 0.3 is 5.97 Å². The second kappa shape index (κ2) is 8.11. The highest BCUT2D eigenvalue weighted by atomic mass is 35.5. The van der Waals surface area contributed by atoms with Crippen LogP contribution in [0.5, 0.6) is 0 Å². The minimum atomic E-state index is -3.58. The van der Waals surface area contributed by atoms with E-state index in [0.29, 0.717) is 29.7 Å². The van der Waals surface area contributed by atoms with Crippen molar-refractivity contribution in [3.63, 3.8) is 0 Å². The summed E-state index contributed by atoms with van der Waals surface area (Å²) in [6, 6.07) is 6.11. The van der Waals surface area contributed by atoms with E-state index in [1.165, 1.54) is 12.1 Å². The van der Waals surface area contributed by atoms with Crippen LogP contribution >= 0.6 is 11.6 Å². The van der Waals surface area contributed by atoms with E-state index >= 15 is 0 Å². The first kappa shape index (κ1) is 19.4. The number of carbonyl (C=O) groups is 1. The lowest BCUT2D eigenvalue weighted by Gasteiger charge is -2.29. The van der Waals surface area contributed by atoms with E-state index in [2.05, 4.69) is 10.8 Å². The van der Waals surface area contributed by atoms with Gasteiger partial charge in [-0.25, -0.2) is 13.1 Å². The van der Waals surface area contributed by atoms with Crippen molar-refractivity contribution >= 4 is 27.6 Å². The molecule has 142 valence electrons. The van der Waals surface area contributed by atoms with Crippen molar-refractivity contribution in [2.45, 2.75) is 49.5 Å². The number of nitrogens with one attached hydrogen (secondary N) is 1. The Morgan fingerprint density at radius 3 is 2.62 bits per heavy atom. The zero-order valence-electron chi connectivity index (χ0n) is 14.5. The largest absolute Gasteiger partial charge is 0.481 e. The van der Waals surface area contributed by atoms with Crippen molar-refractivity contribution in [2.75, 3.05) is 0 Å². The summed E-state index contributed by atoms with van der Waals surface area (Å²) in [6.07, 6.45) is 8.82. The highest BCUT2D eigenvalue weighted by molar-refractivity contribution is 7.89. The maximum Gasteiger partial charge on any atom is 0.303 e. The van der Waals surface area contributed by atoms with Crippen molar-refractivity contribution in [1.29, 1.82) is 0 Å². The number of hydrogen-bond donors (Lipinski definition) is 2. The molecule has 2 bridgehead atoms. The molecular formula is C19H24ClNO4S. The van der Waals surface area contributed by atoms with Crippen LogP contribution < -0.4 is 4.72 Å². The zero-order valence-corrected chi connectivity index (χ0v) is 16.0. The summed E-state index contributed by atoms with van der Waals surface area (Å²) >= 11 is 5.85. The number of rotatable bonds is 8. The quantitative estimate of drug-likeness (QED) is 0.515. The molecule has 26 heavy (non-hydrogen) atoms. The van der Waals surface area contributed by atoms with Gasteiger partial charge in [0.05, 0.1) is 4.90 Å². The Labute approximate surface area is 159 Å². The van der Waals surface area contributed by atoms with Crippen molar-refractivity contribution in [1.82, 2.24) is 4.72 Å². The minimum absolute atomic E-state index is 0.0925. The fourth-order valence-electron chi connectivity index (χ4n) is 4.27. The minimum Gasteiger partial charge on any atom is -0.481 e. The molecule has 2 aliphatic carbocycles. The van der Waals surface area contributed by atoms with Crippen LogP contribution in [0.15, 0.2) is 41.3 Å². The second-order valence-electron chi connectivity index (χ2n) is 7.23. The third kappa shape index (κ3) is 4.48. The lowest BCUT2D eigenvalue weighted by atomic mass is 9.84. The van der Waals surface area contributed by atoms with Crippen LogP contribution in [-0.4, -0.2) is 25.5 Å². The summed E-state index contributed by atoms with van der Waals surface area (Å²) < 4.78 is 28.4. The molecule has 0 unspecified atom stereocenters. The van der Waals surface area contributed by atoms with Crippen LogP contribution in [0.1, 0.15) is 38.5 Å². The van der Waals surface area contributed by atoms with Crippen LogP contribution in [0, 0.1) is 17.8 Å². The molecule has 0 radical (unpaired) electrons. The van der Waals surface area contributed by atoms with Crippen molar-refractivity contribution < 1.29 is 18.3 Å². The van der Waals surface area contributed by atoms with Gasteiger partial charge in [0.2, 0.25) is 10.0 Å². The molecule has 2 fully saturated rings. The third-order valence-corrected chi connectivity index (χ3v) is 7.24. The number of hydrogen-bond acceptors (Lipinski definition) is 3. The summed E-state index contributed by atoms with van der Waals surface area (Å²) in [7, 11) is -3.58. The molecule has 2 aliphatic rings. The Balaban J connectivity index is 1.67. The van der Waals surface area contributed by atoms with Gasteiger partial charge in [0, 0.05) is 17.5 Å². The first-order valence-corrected chi connectivity index (χ1v) is 10.9. The van der Waals surface area contributed by atoms with Crippen LogP contribution in [0.2, 0.25) is 5.02 Å². The zero-order chi connectivity index (χ0) is 18.7. The van der Waals surface area contributed by atoms with Gasteiger partial charge < -0.3 is 5.11 Å². The van der Waals surface area contributed by atoms with Crippen molar-refractivity contribution in [3.05, 3.63) is 41.4 Å². The van der Waals surface area contributed by atoms with Gasteiger partial charge in [0.1, 0.15) is 0 Å². The molecule has 0 saturated heterocycles. The molecule has 1 aromatic carbocycles. The molecule has 0 aromatic heterocycles. The van der Waals surface area contributed by atoms with Crippen LogP contribution in [0.25, 0.3) is 0 Å². The standard InChI is InChI=1S/C19H24ClNO4S/c20-15-8-10-16(11-9-15)26(24,25)21-19-14-7-6-13(12-14)17(19)4-2-1-3-5-18(22)23/h2,4,8-11,13-14,17,19,21H,1,3,5-7,12H2,(H,22,23)/b4-2-/t13-,14+,17+,19+/m1/s1. The van der Waals surface area contributed by atoms with E-state index in [9.17, 15) is 13.2 Å². The van der Waals surface area contributed by atoms with Gasteiger partial charge in [-0.15, -0.1) is 0 Å². The number of carboxylic acid groups (broad SMARTS) is 1. The SMILES string of the molecule is O=C(O)CCC/C=C\[C@H]1[C@@H]2CC[C@@H](C2)[C@@H]1NS(=O)(=O)c1ccc(Cl)cc1. The van der Waals surface area contributed by atoms with Crippen molar-refractivity contribution in [2.24, 2.45) is 17.8 Å². The molecule has 7 heteroatoms. The van der Waals surface area contributed by atoms with E-state index < -0.39 is 16.0 Å². The number of aliphatic carboxylic acids is 1. The molecule has 0 amide bonds. The van der Waals surface area contributed by atoms with Gasteiger partial charge in [0.25, 0.3) is 0 Å². The normalized spacial score (nSPS) is 28.0. The number of carboxylic acids is 1. The molecule has 0 heterocycles. The highest BCUT2D eigenvalue weighted by Gasteiger charge is 2.47. The second-order valence-corrected chi connectivity index (χ2v) is 9.38. The molecule has 5 nitrogen and oxygen atoms in total. The van der Waals surface area contributed by atoms with E-state index in [-0.39, 0.29) is 23.3 Å². The smallest absolute Gasteiger partial charge is 0.303 e. The average molecular weight is 398 g/mol. The van der Waals surface area contributed by atoms with E-state index in [1.807, 2.05) is 6.08 Å². The molecule has 3 rings (SSSR count). The molecular weight excluding hydrogens is 374 g/mol. The van der Waals surface area contributed by atoms with Gasteiger partial charge in [0.15, 0.2) is 0 Å². The molecule has 0 aliphatic heterocycles. The fraction of sp³-hybridized carbons (Fsp3) is 0.526. The highest BCUT2D eigenvalue weighted by Crippen LogP contribution is 2.49. The molecule has 2 saturated carbocycles. The van der Waals surface area contributed by atoms with Gasteiger partial charge in [-0.1, -0.05) is 23.8 Å². The summed E-state index contributed by atoms with van der Waals surface area (Å²) in [6.45, 7) is 0. The summed E-state index contributed by atoms with van der Waals surface area (Å²) in [5, 5.41) is 9.20. The third-order valence-electron chi connectivity index (χ3n) is 5.52.